The molecule has 0 aromatic rings. The van der Waals surface area contributed by atoms with Crippen LogP contribution in [0.4, 0.5) is 0 Å². The first-order chi connectivity index (χ1) is 13.3. The molecule has 0 atom stereocenters. The van der Waals surface area contributed by atoms with Crippen LogP contribution in [-0.4, -0.2) is 55.8 Å². The molecule has 158 valence electrons. The zero-order valence-electron chi connectivity index (χ0n) is 16.7. The fourth-order valence-corrected chi connectivity index (χ4v) is 3.25. The molecule has 2 amide bonds. The van der Waals surface area contributed by atoms with E-state index in [0.29, 0.717) is 32.6 Å². The molecule has 1 fully saturated rings. The van der Waals surface area contributed by atoms with Crippen LogP contribution in [0.5, 0.6) is 0 Å². The number of hydrogen-bond acceptors (Lipinski definition) is 6. The highest BCUT2D eigenvalue weighted by Gasteiger charge is 2.28. The Balaban J connectivity index is 1.71. The predicted molar refractivity (Wildman–Crippen MR) is 109 cm³/mol. The lowest BCUT2D eigenvalue weighted by Crippen LogP contribution is -2.32. The average molecular weight is 404 g/mol. The molecule has 0 bridgehead atoms. The Morgan fingerprint density at radius 1 is 0.667 bits per heavy atom. The fourth-order valence-electron chi connectivity index (χ4n) is 3.03. The van der Waals surface area contributed by atoms with Crippen molar-refractivity contribution in [3.63, 3.8) is 0 Å². The molecule has 1 aliphatic rings. The number of carbonyl (C=O) groups is 2. The second-order valence-electron chi connectivity index (χ2n) is 6.95. The zero-order chi connectivity index (χ0) is 19.6. The summed E-state index contributed by atoms with van der Waals surface area (Å²) in [5, 5.41) is 0. The van der Waals surface area contributed by atoms with Crippen molar-refractivity contribution in [3.05, 3.63) is 0 Å². The monoisotopic (exact) mass is 403 g/mol. The van der Waals surface area contributed by atoms with E-state index in [1.165, 1.54) is 62.7 Å². The Bertz CT molecular complexity index is 379. The quantitative estimate of drug-likeness (QED) is 0.153. The molecule has 1 aliphatic heterocycles. The summed E-state index contributed by atoms with van der Waals surface area (Å²) < 4.78 is 15.9. The Kier molecular flexibility index (Phi) is 15.8. The number of likely N-dealkylation sites (tertiary alicyclic amines) is 1. The third-order valence-electron chi connectivity index (χ3n) is 4.64. The van der Waals surface area contributed by atoms with Gasteiger partial charge in [-0.3, -0.25) is 14.5 Å². The number of thiol groups is 1. The third kappa shape index (κ3) is 13.2. The maximum atomic E-state index is 11.4. The van der Waals surface area contributed by atoms with Crippen molar-refractivity contribution in [1.82, 2.24) is 4.90 Å². The second kappa shape index (κ2) is 17.5. The molecule has 0 radical (unpaired) electrons. The number of ether oxygens (including phenoxy) is 3. The summed E-state index contributed by atoms with van der Waals surface area (Å²) in [4.78, 5) is 24.0. The van der Waals surface area contributed by atoms with E-state index >= 15 is 0 Å². The predicted octanol–water partition coefficient (Wildman–Crippen LogP) is 3.93. The SMILES string of the molecule is O=C1CCC(=O)N1CCOCOCOCCCCCCCCCCCCS. The van der Waals surface area contributed by atoms with Crippen LogP contribution in [0.2, 0.25) is 0 Å². The van der Waals surface area contributed by atoms with Gasteiger partial charge in [0.05, 0.1) is 13.2 Å². The minimum absolute atomic E-state index is 0.114. The van der Waals surface area contributed by atoms with Gasteiger partial charge in [0, 0.05) is 19.4 Å². The first-order valence-corrected chi connectivity index (χ1v) is 11.1. The highest BCUT2D eigenvalue weighted by molar-refractivity contribution is 7.80. The molecule has 27 heavy (non-hydrogen) atoms. The molecule has 1 rings (SSSR count). The maximum absolute atomic E-state index is 11.4. The smallest absolute Gasteiger partial charge is 0.229 e. The highest BCUT2D eigenvalue weighted by Crippen LogP contribution is 2.11. The van der Waals surface area contributed by atoms with Gasteiger partial charge < -0.3 is 14.2 Å². The topological polar surface area (TPSA) is 65.1 Å². The van der Waals surface area contributed by atoms with E-state index in [1.54, 1.807) is 0 Å². The summed E-state index contributed by atoms with van der Waals surface area (Å²) in [6, 6.07) is 0. The first kappa shape index (κ1) is 24.4. The van der Waals surface area contributed by atoms with E-state index in [9.17, 15) is 9.59 Å². The summed E-state index contributed by atoms with van der Waals surface area (Å²) in [6.07, 6.45) is 13.5. The number of nitrogens with zero attached hydrogens (tertiary/aromatic N) is 1. The van der Waals surface area contributed by atoms with E-state index in [4.69, 9.17) is 14.2 Å². The number of hydrogen-bond donors (Lipinski definition) is 1. The van der Waals surface area contributed by atoms with Crippen molar-refractivity contribution in [1.29, 1.82) is 0 Å². The van der Waals surface area contributed by atoms with Crippen LogP contribution in [0.15, 0.2) is 0 Å². The Morgan fingerprint density at radius 3 is 1.70 bits per heavy atom. The molecule has 0 N–H and O–H groups in total. The van der Waals surface area contributed by atoms with Gasteiger partial charge in [0.25, 0.3) is 0 Å². The van der Waals surface area contributed by atoms with Gasteiger partial charge >= 0.3 is 0 Å². The molecule has 7 heteroatoms. The third-order valence-corrected chi connectivity index (χ3v) is 4.96. The Labute approximate surface area is 169 Å². The van der Waals surface area contributed by atoms with Crippen LogP contribution < -0.4 is 0 Å². The summed E-state index contributed by atoms with van der Waals surface area (Å²) >= 11 is 4.23. The number of amides is 2. The van der Waals surface area contributed by atoms with Crippen molar-refractivity contribution in [2.24, 2.45) is 0 Å². The molecule has 0 saturated carbocycles. The summed E-state index contributed by atoms with van der Waals surface area (Å²) in [5.74, 6) is 0.789. The van der Waals surface area contributed by atoms with E-state index in [-0.39, 0.29) is 25.4 Å². The van der Waals surface area contributed by atoms with Crippen molar-refractivity contribution in [3.8, 4) is 0 Å². The van der Waals surface area contributed by atoms with Crippen molar-refractivity contribution in [2.75, 3.05) is 39.1 Å². The molecule has 0 spiro atoms. The van der Waals surface area contributed by atoms with E-state index in [1.807, 2.05) is 0 Å². The van der Waals surface area contributed by atoms with Gasteiger partial charge in [-0.25, -0.2) is 0 Å². The number of rotatable bonds is 19. The molecular formula is C20H37NO5S. The number of unbranched alkanes of at least 4 members (excludes halogenated alkanes) is 9. The molecule has 1 heterocycles. The van der Waals surface area contributed by atoms with Crippen LogP contribution in [0, 0.1) is 0 Å². The van der Waals surface area contributed by atoms with Gasteiger partial charge in [-0.1, -0.05) is 51.4 Å². The lowest BCUT2D eigenvalue weighted by atomic mass is 10.1. The largest absolute Gasteiger partial charge is 0.355 e. The Morgan fingerprint density at radius 2 is 1.15 bits per heavy atom. The fraction of sp³-hybridized carbons (Fsp3) is 0.900. The Hall–Kier alpha value is -0.630. The second-order valence-corrected chi connectivity index (χ2v) is 7.40. The van der Waals surface area contributed by atoms with E-state index in [0.717, 1.165) is 12.2 Å². The van der Waals surface area contributed by atoms with Gasteiger partial charge in [-0.05, 0) is 18.6 Å². The lowest BCUT2D eigenvalue weighted by molar-refractivity contribution is -0.145. The van der Waals surface area contributed by atoms with Crippen LogP contribution in [-0.2, 0) is 23.8 Å². The lowest BCUT2D eigenvalue weighted by Gasteiger charge is -2.13. The van der Waals surface area contributed by atoms with Gasteiger partial charge in [0.1, 0.15) is 13.6 Å². The number of imide groups is 1. The standard InChI is InChI=1S/C20H37NO5S/c22-19-11-12-20(23)21(19)13-15-25-18-26-17-24-14-9-7-5-3-1-2-4-6-8-10-16-27/h27H,1-18H2. The maximum Gasteiger partial charge on any atom is 0.229 e. The van der Waals surface area contributed by atoms with Crippen molar-refractivity contribution >= 4 is 24.4 Å². The molecule has 0 aromatic heterocycles. The molecule has 0 unspecified atom stereocenters. The molecular weight excluding hydrogens is 366 g/mol. The molecule has 0 aliphatic carbocycles. The van der Waals surface area contributed by atoms with Crippen LogP contribution in [0.3, 0.4) is 0 Å². The minimum atomic E-state index is -0.114. The van der Waals surface area contributed by atoms with Gasteiger partial charge in [0.2, 0.25) is 11.8 Å². The highest BCUT2D eigenvalue weighted by atomic mass is 32.1. The molecule has 0 aromatic carbocycles. The molecule has 6 nitrogen and oxygen atoms in total. The number of carbonyl (C=O) groups excluding carboxylic acids is 2. The first-order valence-electron chi connectivity index (χ1n) is 10.4. The average Bonchev–Trinajstić information content (AvgIpc) is 2.99. The normalized spacial score (nSPS) is 14.5. The zero-order valence-corrected chi connectivity index (χ0v) is 17.6. The van der Waals surface area contributed by atoms with Crippen LogP contribution in [0.1, 0.15) is 77.0 Å². The van der Waals surface area contributed by atoms with Gasteiger partial charge in [0.15, 0.2) is 0 Å². The van der Waals surface area contributed by atoms with Crippen LogP contribution >= 0.6 is 12.6 Å². The minimum Gasteiger partial charge on any atom is -0.355 e. The van der Waals surface area contributed by atoms with Crippen molar-refractivity contribution in [2.45, 2.75) is 77.0 Å². The van der Waals surface area contributed by atoms with E-state index < -0.39 is 0 Å². The summed E-state index contributed by atoms with van der Waals surface area (Å²) in [5.41, 5.74) is 0. The summed E-state index contributed by atoms with van der Waals surface area (Å²) in [7, 11) is 0. The van der Waals surface area contributed by atoms with Gasteiger partial charge in [-0.15, -0.1) is 0 Å². The van der Waals surface area contributed by atoms with E-state index in [2.05, 4.69) is 12.6 Å². The van der Waals surface area contributed by atoms with Gasteiger partial charge in [-0.2, -0.15) is 12.6 Å². The molecule has 1 saturated heterocycles. The van der Waals surface area contributed by atoms with Crippen molar-refractivity contribution < 1.29 is 23.8 Å². The summed E-state index contributed by atoms with van der Waals surface area (Å²) in [6.45, 7) is 1.64. The van der Waals surface area contributed by atoms with Crippen LogP contribution in [0.25, 0.3) is 0 Å².